The van der Waals surface area contributed by atoms with Crippen LogP contribution >= 0.6 is 11.6 Å². The average Bonchev–Trinajstić information content (AvgIpc) is 3.35. The molecular formula is C20H18ClN5. The van der Waals surface area contributed by atoms with Gasteiger partial charge in [-0.05, 0) is 41.5 Å². The van der Waals surface area contributed by atoms with Crippen molar-refractivity contribution < 1.29 is 0 Å². The summed E-state index contributed by atoms with van der Waals surface area (Å²) in [4.78, 5) is 0. The summed E-state index contributed by atoms with van der Waals surface area (Å²) in [5.74, 6) is 0. The number of nitrogens with one attached hydrogen (secondary N) is 2. The Morgan fingerprint density at radius 3 is 2.54 bits per heavy atom. The third-order valence-electron chi connectivity index (χ3n) is 4.20. The number of aromatic nitrogens is 4. The number of aromatic amines is 1. The molecule has 4 aromatic rings. The fourth-order valence-corrected chi connectivity index (χ4v) is 2.97. The normalized spacial score (nSPS) is 11.0. The molecule has 0 saturated heterocycles. The molecule has 2 heterocycles. The van der Waals surface area contributed by atoms with E-state index in [1.54, 1.807) is 6.20 Å². The van der Waals surface area contributed by atoms with Crippen molar-refractivity contribution in [1.82, 2.24) is 25.3 Å². The predicted octanol–water partition coefficient (Wildman–Crippen LogP) is 4.21. The SMILES string of the molecule is Clc1ccc(-c2[nH]ncc2CNCc2ccc(-n3cccn3)cc2)cc1. The highest BCUT2D eigenvalue weighted by Crippen LogP contribution is 2.22. The second-order valence-corrected chi connectivity index (χ2v) is 6.43. The Kier molecular flexibility index (Phi) is 4.82. The molecule has 4 rings (SSSR count). The topological polar surface area (TPSA) is 58.5 Å². The Hall–Kier alpha value is -2.89. The average molecular weight is 364 g/mol. The monoisotopic (exact) mass is 363 g/mol. The molecule has 2 aromatic carbocycles. The highest BCUT2D eigenvalue weighted by atomic mass is 35.5. The molecule has 0 aliphatic rings. The van der Waals surface area contributed by atoms with E-state index in [2.05, 4.69) is 44.9 Å². The first-order valence-electron chi connectivity index (χ1n) is 8.37. The van der Waals surface area contributed by atoms with Gasteiger partial charge in [0.25, 0.3) is 0 Å². The molecule has 0 amide bonds. The van der Waals surface area contributed by atoms with Crippen LogP contribution in [0.1, 0.15) is 11.1 Å². The van der Waals surface area contributed by atoms with Gasteiger partial charge in [-0.25, -0.2) is 4.68 Å². The number of hydrogen-bond donors (Lipinski definition) is 2. The molecule has 0 aliphatic heterocycles. The van der Waals surface area contributed by atoms with Crippen molar-refractivity contribution in [2.24, 2.45) is 0 Å². The van der Waals surface area contributed by atoms with Gasteiger partial charge < -0.3 is 5.32 Å². The van der Waals surface area contributed by atoms with Gasteiger partial charge in [-0.1, -0.05) is 35.9 Å². The van der Waals surface area contributed by atoms with E-state index in [-0.39, 0.29) is 0 Å². The van der Waals surface area contributed by atoms with Gasteiger partial charge in [-0.3, -0.25) is 5.10 Å². The molecule has 2 aromatic heterocycles. The largest absolute Gasteiger partial charge is 0.308 e. The van der Waals surface area contributed by atoms with Crippen molar-refractivity contribution in [3.8, 4) is 16.9 Å². The molecule has 6 heteroatoms. The van der Waals surface area contributed by atoms with E-state index in [1.807, 2.05) is 47.4 Å². The van der Waals surface area contributed by atoms with Crippen LogP contribution in [0.25, 0.3) is 16.9 Å². The highest BCUT2D eigenvalue weighted by molar-refractivity contribution is 6.30. The second kappa shape index (κ2) is 7.56. The molecule has 5 nitrogen and oxygen atoms in total. The van der Waals surface area contributed by atoms with Gasteiger partial charge >= 0.3 is 0 Å². The number of benzene rings is 2. The van der Waals surface area contributed by atoms with E-state index in [0.29, 0.717) is 0 Å². The summed E-state index contributed by atoms with van der Waals surface area (Å²) in [6.07, 6.45) is 5.57. The first-order chi connectivity index (χ1) is 12.8. The van der Waals surface area contributed by atoms with Crippen LogP contribution < -0.4 is 5.32 Å². The Morgan fingerprint density at radius 1 is 1.00 bits per heavy atom. The maximum atomic E-state index is 5.96. The Morgan fingerprint density at radius 2 is 1.81 bits per heavy atom. The van der Waals surface area contributed by atoms with Crippen LogP contribution in [-0.2, 0) is 13.1 Å². The zero-order valence-corrected chi connectivity index (χ0v) is 14.8. The van der Waals surface area contributed by atoms with Crippen molar-refractivity contribution in [3.05, 3.63) is 89.3 Å². The maximum Gasteiger partial charge on any atom is 0.0695 e. The van der Waals surface area contributed by atoms with Crippen LogP contribution in [0.3, 0.4) is 0 Å². The van der Waals surface area contributed by atoms with E-state index in [9.17, 15) is 0 Å². The Bertz CT molecular complexity index is 956. The van der Waals surface area contributed by atoms with Crippen LogP contribution in [0.4, 0.5) is 0 Å². The van der Waals surface area contributed by atoms with E-state index < -0.39 is 0 Å². The van der Waals surface area contributed by atoms with Crippen LogP contribution in [0.5, 0.6) is 0 Å². The number of rotatable bonds is 6. The first-order valence-corrected chi connectivity index (χ1v) is 8.75. The third-order valence-corrected chi connectivity index (χ3v) is 4.45. The lowest BCUT2D eigenvalue weighted by Crippen LogP contribution is -2.13. The molecule has 0 saturated carbocycles. The minimum absolute atomic E-state index is 0.728. The van der Waals surface area contributed by atoms with Gasteiger partial charge in [0.05, 0.1) is 17.6 Å². The van der Waals surface area contributed by atoms with Crippen molar-refractivity contribution >= 4 is 11.6 Å². The minimum atomic E-state index is 0.728. The van der Waals surface area contributed by atoms with Crippen molar-refractivity contribution in [2.75, 3.05) is 0 Å². The molecule has 2 N–H and O–H groups in total. The summed E-state index contributed by atoms with van der Waals surface area (Å²) in [5.41, 5.74) is 5.49. The number of nitrogens with zero attached hydrogens (tertiary/aromatic N) is 3. The Balaban J connectivity index is 1.38. The molecule has 0 radical (unpaired) electrons. The molecule has 26 heavy (non-hydrogen) atoms. The van der Waals surface area contributed by atoms with E-state index in [4.69, 9.17) is 11.6 Å². The van der Waals surface area contributed by atoms with Crippen LogP contribution in [-0.4, -0.2) is 20.0 Å². The van der Waals surface area contributed by atoms with Crippen LogP contribution in [0, 0.1) is 0 Å². The standard InChI is InChI=1S/C20H18ClN5/c21-18-6-4-16(5-7-18)20-17(14-23-25-20)13-22-12-15-2-8-19(9-3-15)26-11-1-10-24-26/h1-11,14,22H,12-13H2,(H,23,25). The molecule has 130 valence electrons. The molecule has 0 unspecified atom stereocenters. The summed E-state index contributed by atoms with van der Waals surface area (Å²) < 4.78 is 1.85. The fraction of sp³-hybridized carbons (Fsp3) is 0.100. The summed E-state index contributed by atoms with van der Waals surface area (Å²) in [6, 6.07) is 18.0. The number of hydrogen-bond acceptors (Lipinski definition) is 3. The lowest BCUT2D eigenvalue weighted by atomic mass is 10.1. The number of halogens is 1. The zero-order valence-electron chi connectivity index (χ0n) is 14.1. The lowest BCUT2D eigenvalue weighted by molar-refractivity contribution is 0.694. The molecule has 0 fully saturated rings. The van der Waals surface area contributed by atoms with Gasteiger partial charge in [0.2, 0.25) is 0 Å². The summed E-state index contributed by atoms with van der Waals surface area (Å²) in [6.45, 7) is 1.51. The van der Waals surface area contributed by atoms with Gasteiger partial charge in [-0.15, -0.1) is 0 Å². The minimum Gasteiger partial charge on any atom is -0.308 e. The molecule has 0 bridgehead atoms. The van der Waals surface area contributed by atoms with Gasteiger partial charge in [-0.2, -0.15) is 10.2 Å². The van der Waals surface area contributed by atoms with Crippen LogP contribution in [0.15, 0.2) is 73.2 Å². The smallest absolute Gasteiger partial charge is 0.0695 e. The van der Waals surface area contributed by atoms with Crippen molar-refractivity contribution in [3.63, 3.8) is 0 Å². The Labute approximate surface area is 156 Å². The van der Waals surface area contributed by atoms with Crippen molar-refractivity contribution in [1.29, 1.82) is 0 Å². The van der Waals surface area contributed by atoms with E-state index in [1.165, 1.54) is 5.56 Å². The second-order valence-electron chi connectivity index (χ2n) is 6.00. The molecule has 0 spiro atoms. The quantitative estimate of drug-likeness (QED) is 0.539. The molecule has 0 aliphatic carbocycles. The molecular weight excluding hydrogens is 346 g/mol. The van der Waals surface area contributed by atoms with Gasteiger partial charge in [0.1, 0.15) is 0 Å². The fourth-order valence-electron chi connectivity index (χ4n) is 2.84. The predicted molar refractivity (Wildman–Crippen MR) is 103 cm³/mol. The van der Waals surface area contributed by atoms with Crippen molar-refractivity contribution in [2.45, 2.75) is 13.1 Å². The van der Waals surface area contributed by atoms with Crippen LogP contribution in [0.2, 0.25) is 5.02 Å². The van der Waals surface area contributed by atoms with Gasteiger partial charge in [0.15, 0.2) is 0 Å². The van der Waals surface area contributed by atoms with E-state index >= 15 is 0 Å². The summed E-state index contributed by atoms with van der Waals surface area (Å²) in [7, 11) is 0. The van der Waals surface area contributed by atoms with Gasteiger partial charge in [0, 0.05) is 36.1 Å². The molecule has 0 atom stereocenters. The summed E-state index contributed by atoms with van der Waals surface area (Å²) in [5, 5.41) is 15.7. The third kappa shape index (κ3) is 3.69. The zero-order chi connectivity index (χ0) is 17.8. The lowest BCUT2D eigenvalue weighted by Gasteiger charge is -2.07. The number of H-pyrrole nitrogens is 1. The maximum absolute atomic E-state index is 5.96. The van der Waals surface area contributed by atoms with E-state index in [0.717, 1.165) is 40.6 Å². The first kappa shape index (κ1) is 16.6. The highest BCUT2D eigenvalue weighted by Gasteiger charge is 2.07. The summed E-state index contributed by atoms with van der Waals surface area (Å²) >= 11 is 5.96.